The van der Waals surface area contributed by atoms with Crippen LogP contribution in [-0.4, -0.2) is 42.5 Å². The normalized spacial score (nSPS) is 37.8. The van der Waals surface area contributed by atoms with Gasteiger partial charge in [-0.25, -0.2) is 0 Å². The predicted molar refractivity (Wildman–Crippen MR) is 82.7 cm³/mol. The van der Waals surface area contributed by atoms with E-state index in [0.717, 1.165) is 31.6 Å². The monoisotopic (exact) mass is 300 g/mol. The molecule has 3 aliphatic rings. The third-order valence-corrected chi connectivity index (χ3v) is 6.89. The van der Waals surface area contributed by atoms with Gasteiger partial charge in [0.1, 0.15) is 0 Å². The van der Waals surface area contributed by atoms with E-state index in [0.29, 0.717) is 12.0 Å². The molecule has 1 saturated carbocycles. The summed E-state index contributed by atoms with van der Waals surface area (Å²) >= 11 is 2.03. The summed E-state index contributed by atoms with van der Waals surface area (Å²) < 4.78 is 11.9. The molecule has 116 valence electrons. The molecule has 3 N–H and O–H groups in total. The molecule has 1 aliphatic carbocycles. The van der Waals surface area contributed by atoms with Crippen LogP contribution in [0.25, 0.3) is 0 Å². The molecule has 5 heteroatoms. The molecule has 2 aliphatic heterocycles. The van der Waals surface area contributed by atoms with Gasteiger partial charge in [-0.15, -0.1) is 0 Å². The molecule has 2 saturated heterocycles. The highest BCUT2D eigenvalue weighted by molar-refractivity contribution is 7.99. The molecule has 0 aromatic heterocycles. The average molecular weight is 300 g/mol. The van der Waals surface area contributed by atoms with Gasteiger partial charge in [0.15, 0.2) is 0 Å². The van der Waals surface area contributed by atoms with Crippen molar-refractivity contribution in [3.63, 3.8) is 0 Å². The van der Waals surface area contributed by atoms with E-state index in [1.54, 1.807) is 0 Å². The molecule has 3 fully saturated rings. The van der Waals surface area contributed by atoms with E-state index in [9.17, 15) is 0 Å². The van der Waals surface area contributed by atoms with Gasteiger partial charge in [0.2, 0.25) is 0 Å². The van der Waals surface area contributed by atoms with Gasteiger partial charge in [0, 0.05) is 25.5 Å². The molecule has 2 heterocycles. The van der Waals surface area contributed by atoms with Crippen molar-refractivity contribution < 1.29 is 9.47 Å². The number of nitrogens with two attached hydrogens (primary N) is 1. The molecule has 0 bridgehead atoms. The van der Waals surface area contributed by atoms with Crippen LogP contribution in [0.15, 0.2) is 0 Å². The van der Waals surface area contributed by atoms with Gasteiger partial charge in [-0.3, -0.25) is 11.3 Å². The van der Waals surface area contributed by atoms with E-state index in [2.05, 4.69) is 5.43 Å². The van der Waals surface area contributed by atoms with Crippen LogP contribution in [0, 0.1) is 5.92 Å². The summed E-state index contributed by atoms with van der Waals surface area (Å²) in [5, 5.41) is 0. The second-order valence-electron chi connectivity index (χ2n) is 6.80. The molecular weight excluding hydrogens is 272 g/mol. The van der Waals surface area contributed by atoms with Gasteiger partial charge in [-0.2, -0.15) is 11.8 Å². The number of nitrogens with one attached hydrogen (secondary N) is 1. The second-order valence-corrected chi connectivity index (χ2v) is 7.91. The first-order chi connectivity index (χ1) is 9.71. The first kappa shape index (κ1) is 15.1. The minimum absolute atomic E-state index is 0.0902. The SMILES string of the molecule is COC1(CC(NN)C2CCOC3(CCSC3)C2)CCC1. The topological polar surface area (TPSA) is 56.5 Å². The smallest absolute Gasteiger partial charge is 0.0783 e. The Kier molecular flexibility index (Phi) is 4.63. The van der Waals surface area contributed by atoms with Crippen molar-refractivity contribution >= 4 is 11.8 Å². The van der Waals surface area contributed by atoms with E-state index in [-0.39, 0.29) is 11.2 Å². The lowest BCUT2D eigenvalue weighted by Crippen LogP contribution is -2.53. The Hall–Kier alpha value is 0.190. The minimum atomic E-state index is 0.0902. The van der Waals surface area contributed by atoms with Crippen LogP contribution in [-0.2, 0) is 9.47 Å². The van der Waals surface area contributed by atoms with Crippen LogP contribution >= 0.6 is 11.8 Å². The standard InChI is InChI=1S/C15H28N2O2S/c1-18-14(4-2-5-14)10-13(17-16)12-3-7-19-15(9-12)6-8-20-11-15/h12-13,17H,2-11,16H2,1H3. The van der Waals surface area contributed by atoms with Crippen LogP contribution < -0.4 is 11.3 Å². The lowest BCUT2D eigenvalue weighted by atomic mass is 9.71. The number of methoxy groups -OCH3 is 1. The van der Waals surface area contributed by atoms with Crippen molar-refractivity contribution in [3.8, 4) is 0 Å². The summed E-state index contributed by atoms with van der Waals surface area (Å²) in [7, 11) is 1.85. The highest BCUT2D eigenvalue weighted by Gasteiger charge is 2.45. The zero-order valence-electron chi connectivity index (χ0n) is 12.5. The van der Waals surface area contributed by atoms with Crippen molar-refractivity contribution in [2.45, 2.75) is 62.2 Å². The van der Waals surface area contributed by atoms with Crippen LogP contribution in [0.1, 0.15) is 44.9 Å². The molecule has 20 heavy (non-hydrogen) atoms. The van der Waals surface area contributed by atoms with Gasteiger partial charge in [0.25, 0.3) is 0 Å². The lowest BCUT2D eigenvalue weighted by molar-refractivity contribution is -0.109. The molecular formula is C15H28N2O2S. The summed E-state index contributed by atoms with van der Waals surface area (Å²) in [6, 6.07) is 0.363. The zero-order chi connectivity index (χ0) is 14.1. The molecule has 4 nitrogen and oxygen atoms in total. The highest BCUT2D eigenvalue weighted by atomic mass is 32.2. The largest absolute Gasteiger partial charge is 0.378 e. The summed E-state index contributed by atoms with van der Waals surface area (Å²) in [5.74, 6) is 8.91. The maximum absolute atomic E-state index is 6.13. The Morgan fingerprint density at radius 3 is 2.85 bits per heavy atom. The number of hydrogen-bond acceptors (Lipinski definition) is 5. The number of hydrogen-bond donors (Lipinski definition) is 2. The van der Waals surface area contributed by atoms with Crippen molar-refractivity contribution in [3.05, 3.63) is 0 Å². The molecule has 3 rings (SSSR count). The van der Waals surface area contributed by atoms with E-state index in [1.165, 1.54) is 31.4 Å². The number of thioether (sulfide) groups is 1. The molecule has 0 radical (unpaired) electrons. The molecule has 1 spiro atoms. The Bertz CT molecular complexity index is 322. The van der Waals surface area contributed by atoms with Crippen LogP contribution in [0.5, 0.6) is 0 Å². The van der Waals surface area contributed by atoms with Gasteiger partial charge in [0.05, 0.1) is 11.2 Å². The van der Waals surface area contributed by atoms with Crippen molar-refractivity contribution in [1.82, 2.24) is 5.43 Å². The Morgan fingerprint density at radius 2 is 2.30 bits per heavy atom. The molecule has 0 aromatic carbocycles. The van der Waals surface area contributed by atoms with Crippen LogP contribution in [0.3, 0.4) is 0 Å². The maximum Gasteiger partial charge on any atom is 0.0783 e. The Balaban J connectivity index is 1.63. The molecule has 3 unspecified atom stereocenters. The fourth-order valence-electron chi connectivity index (χ4n) is 4.10. The van der Waals surface area contributed by atoms with Gasteiger partial charge < -0.3 is 9.47 Å². The highest BCUT2D eigenvalue weighted by Crippen LogP contribution is 2.44. The number of ether oxygens (including phenoxy) is 2. The second kappa shape index (κ2) is 6.13. The van der Waals surface area contributed by atoms with Gasteiger partial charge >= 0.3 is 0 Å². The quantitative estimate of drug-likeness (QED) is 0.601. The molecule has 3 atom stereocenters. The lowest BCUT2D eigenvalue weighted by Gasteiger charge is -2.46. The molecule has 0 amide bonds. The first-order valence-corrected chi connectivity index (χ1v) is 9.09. The van der Waals surface area contributed by atoms with Crippen molar-refractivity contribution in [2.75, 3.05) is 25.2 Å². The first-order valence-electron chi connectivity index (χ1n) is 7.94. The fraction of sp³-hybridized carbons (Fsp3) is 1.00. The summed E-state index contributed by atoms with van der Waals surface area (Å²) in [4.78, 5) is 0. The zero-order valence-corrected chi connectivity index (χ0v) is 13.3. The van der Waals surface area contributed by atoms with E-state index < -0.39 is 0 Å². The summed E-state index contributed by atoms with van der Waals surface area (Å²) in [5.41, 5.74) is 3.33. The average Bonchev–Trinajstić information content (AvgIpc) is 2.86. The predicted octanol–water partition coefficient (Wildman–Crippen LogP) is 2.08. The fourth-order valence-corrected chi connectivity index (χ4v) is 5.48. The van der Waals surface area contributed by atoms with Crippen LogP contribution in [0.2, 0.25) is 0 Å². The number of hydrazine groups is 1. The van der Waals surface area contributed by atoms with Crippen LogP contribution in [0.4, 0.5) is 0 Å². The van der Waals surface area contributed by atoms with Gasteiger partial charge in [-0.1, -0.05) is 0 Å². The molecule has 0 aromatic rings. The minimum Gasteiger partial charge on any atom is -0.378 e. The Labute approximate surface area is 126 Å². The van der Waals surface area contributed by atoms with Crippen molar-refractivity contribution in [1.29, 1.82) is 0 Å². The van der Waals surface area contributed by atoms with Crippen molar-refractivity contribution in [2.24, 2.45) is 11.8 Å². The van der Waals surface area contributed by atoms with Gasteiger partial charge in [-0.05, 0) is 56.6 Å². The third-order valence-electron chi connectivity index (χ3n) is 5.67. The number of rotatable bonds is 5. The maximum atomic E-state index is 6.13. The summed E-state index contributed by atoms with van der Waals surface area (Å²) in [6.45, 7) is 0.892. The third kappa shape index (κ3) is 2.88. The van der Waals surface area contributed by atoms with E-state index >= 15 is 0 Å². The Morgan fingerprint density at radius 1 is 1.45 bits per heavy atom. The van der Waals surface area contributed by atoms with E-state index in [4.69, 9.17) is 15.3 Å². The van der Waals surface area contributed by atoms with E-state index in [1.807, 2.05) is 18.9 Å². The summed E-state index contributed by atoms with van der Waals surface area (Å²) in [6.07, 6.45) is 8.21.